The number of ether oxygens (including phenoxy) is 1. The lowest BCUT2D eigenvalue weighted by molar-refractivity contribution is 0.0522. The smallest absolute Gasteiger partial charge is 0.407 e. The molecule has 1 aromatic rings. The van der Waals surface area contributed by atoms with Gasteiger partial charge in [-0.05, 0) is 38.9 Å². The number of benzene rings is 1. The van der Waals surface area contributed by atoms with E-state index in [9.17, 15) is 13.6 Å². The van der Waals surface area contributed by atoms with Gasteiger partial charge in [0.05, 0.1) is 6.54 Å². The van der Waals surface area contributed by atoms with Gasteiger partial charge in [-0.15, -0.1) is 0 Å². The van der Waals surface area contributed by atoms with Crippen LogP contribution in [0.4, 0.5) is 13.6 Å². The second-order valence-electron chi connectivity index (χ2n) is 8.35. The number of halogens is 2. The summed E-state index contributed by atoms with van der Waals surface area (Å²) in [5.74, 6) is -1.48. The van der Waals surface area contributed by atoms with Gasteiger partial charge in [0.15, 0.2) is 0 Å². The van der Waals surface area contributed by atoms with Crippen molar-refractivity contribution in [2.24, 2.45) is 10.7 Å². The topological polar surface area (TPSA) is 76.7 Å². The van der Waals surface area contributed by atoms with Gasteiger partial charge < -0.3 is 15.8 Å². The summed E-state index contributed by atoms with van der Waals surface area (Å²) in [7, 11) is -1.26. The largest absolute Gasteiger partial charge is 0.444 e. The predicted octanol–water partition coefficient (Wildman–Crippen LogP) is 4.03. The first-order valence-corrected chi connectivity index (χ1v) is 12.2. The molecule has 0 fully saturated rings. The Morgan fingerprint density at radius 1 is 1.23 bits per heavy atom. The van der Waals surface area contributed by atoms with Crippen LogP contribution in [0.1, 0.15) is 31.9 Å². The maximum atomic E-state index is 14.2. The molecule has 0 heterocycles. The van der Waals surface area contributed by atoms with E-state index in [4.69, 9.17) is 10.5 Å². The molecule has 0 aliphatic heterocycles. The second-order valence-corrected chi connectivity index (χ2v) is 14.0. The van der Waals surface area contributed by atoms with Crippen LogP contribution in [0.15, 0.2) is 17.1 Å². The standard InChI is InChI=1S/C18H29F2N3O2Si/c1-18(2,3)25-17(24)23-11-13-14(19)9-12(10-15(13)20)16(21)22-7-8-26(4,5)6/h9-10H,7-8,11H2,1-6H3,(H2,21,22)(H,23,24). The molecule has 1 amide bonds. The van der Waals surface area contributed by atoms with Crippen molar-refractivity contribution in [1.29, 1.82) is 0 Å². The van der Waals surface area contributed by atoms with Gasteiger partial charge in [0.25, 0.3) is 0 Å². The van der Waals surface area contributed by atoms with Crippen molar-refractivity contribution >= 4 is 20.0 Å². The third-order valence-corrected chi connectivity index (χ3v) is 5.11. The van der Waals surface area contributed by atoms with Crippen molar-refractivity contribution in [2.75, 3.05) is 6.54 Å². The molecule has 1 rings (SSSR count). The number of aliphatic imine (C=N–C) groups is 1. The van der Waals surface area contributed by atoms with E-state index in [1.165, 1.54) is 0 Å². The van der Waals surface area contributed by atoms with Gasteiger partial charge in [-0.3, -0.25) is 4.99 Å². The number of rotatable bonds is 6. The highest BCUT2D eigenvalue weighted by Gasteiger charge is 2.18. The molecule has 146 valence electrons. The van der Waals surface area contributed by atoms with Crippen LogP contribution in [0, 0.1) is 11.6 Å². The Hall–Kier alpha value is -1.96. The number of carbonyl (C=O) groups is 1. The van der Waals surface area contributed by atoms with Crippen molar-refractivity contribution in [3.8, 4) is 0 Å². The van der Waals surface area contributed by atoms with Gasteiger partial charge >= 0.3 is 6.09 Å². The molecule has 0 bridgehead atoms. The van der Waals surface area contributed by atoms with Crippen LogP contribution in [0.5, 0.6) is 0 Å². The zero-order chi connectivity index (χ0) is 20.1. The van der Waals surface area contributed by atoms with E-state index in [1.807, 2.05) is 0 Å². The molecule has 1 aromatic carbocycles. The van der Waals surface area contributed by atoms with Gasteiger partial charge in [-0.2, -0.15) is 0 Å². The molecule has 0 aliphatic carbocycles. The first-order chi connectivity index (χ1) is 11.8. The summed E-state index contributed by atoms with van der Waals surface area (Å²) in [4.78, 5) is 15.8. The van der Waals surface area contributed by atoms with Crippen LogP contribution in [-0.2, 0) is 11.3 Å². The Balaban J connectivity index is 2.82. The molecule has 0 radical (unpaired) electrons. The summed E-state index contributed by atoms with van der Waals surface area (Å²) in [6.45, 7) is 12.0. The molecular weight excluding hydrogens is 356 g/mol. The molecule has 5 nitrogen and oxygen atoms in total. The molecule has 0 aromatic heterocycles. The molecule has 8 heteroatoms. The number of amidine groups is 1. The van der Waals surface area contributed by atoms with E-state index in [0.717, 1.165) is 18.2 Å². The van der Waals surface area contributed by atoms with Crippen LogP contribution < -0.4 is 11.1 Å². The monoisotopic (exact) mass is 385 g/mol. The van der Waals surface area contributed by atoms with Crippen LogP contribution in [0.2, 0.25) is 25.7 Å². The number of nitrogens with one attached hydrogen (secondary N) is 1. The Labute approximate surface area is 155 Å². The van der Waals surface area contributed by atoms with Crippen LogP contribution in [0.3, 0.4) is 0 Å². The van der Waals surface area contributed by atoms with Crippen LogP contribution in [0.25, 0.3) is 0 Å². The van der Waals surface area contributed by atoms with Gasteiger partial charge in [0.1, 0.15) is 23.1 Å². The van der Waals surface area contributed by atoms with Crippen molar-refractivity contribution in [2.45, 2.75) is 58.6 Å². The molecular formula is C18H29F2N3O2Si. The highest BCUT2D eigenvalue weighted by Crippen LogP contribution is 2.16. The second kappa shape index (κ2) is 8.61. The predicted molar refractivity (Wildman–Crippen MR) is 103 cm³/mol. The fraction of sp³-hybridized carbons (Fsp3) is 0.556. The molecule has 0 unspecified atom stereocenters. The van der Waals surface area contributed by atoms with Crippen LogP contribution >= 0.6 is 0 Å². The first kappa shape index (κ1) is 22.1. The van der Waals surface area contributed by atoms with E-state index in [1.54, 1.807) is 20.8 Å². The normalized spacial score (nSPS) is 12.8. The van der Waals surface area contributed by atoms with Crippen molar-refractivity contribution < 1.29 is 18.3 Å². The van der Waals surface area contributed by atoms with E-state index in [2.05, 4.69) is 30.0 Å². The van der Waals surface area contributed by atoms with E-state index < -0.39 is 31.4 Å². The summed E-state index contributed by atoms with van der Waals surface area (Å²) < 4.78 is 33.5. The van der Waals surface area contributed by atoms with Crippen molar-refractivity contribution in [3.63, 3.8) is 0 Å². The van der Waals surface area contributed by atoms with Crippen molar-refractivity contribution in [3.05, 3.63) is 34.9 Å². The average molecular weight is 386 g/mol. The number of carbonyl (C=O) groups excluding carboxylic acids is 1. The van der Waals surface area contributed by atoms with Gasteiger partial charge in [-0.25, -0.2) is 13.6 Å². The van der Waals surface area contributed by atoms with E-state index >= 15 is 0 Å². The SMILES string of the molecule is CC(C)(C)OC(=O)NCc1c(F)cc(C(N)=NCC[Si](C)(C)C)cc1F. The van der Waals surface area contributed by atoms with E-state index in [-0.39, 0.29) is 23.5 Å². The zero-order valence-corrected chi connectivity index (χ0v) is 17.4. The lowest BCUT2D eigenvalue weighted by atomic mass is 10.1. The minimum Gasteiger partial charge on any atom is -0.444 e. The third-order valence-electron chi connectivity index (χ3n) is 3.39. The summed E-state index contributed by atoms with van der Waals surface area (Å²) in [6.07, 6.45) is -0.743. The minimum absolute atomic E-state index is 0.104. The van der Waals surface area contributed by atoms with Crippen molar-refractivity contribution in [1.82, 2.24) is 5.32 Å². The average Bonchev–Trinajstić information content (AvgIpc) is 2.42. The number of hydrogen-bond donors (Lipinski definition) is 2. The summed E-state index contributed by atoms with van der Waals surface area (Å²) in [5, 5.41) is 2.34. The molecule has 0 atom stereocenters. The fourth-order valence-electron chi connectivity index (χ4n) is 2.00. The summed E-state index contributed by atoms with van der Waals surface area (Å²) in [5.41, 5.74) is 5.09. The number of nitrogens with zero attached hydrogens (tertiary/aromatic N) is 1. The summed E-state index contributed by atoms with van der Waals surface area (Å²) >= 11 is 0. The first-order valence-electron chi connectivity index (χ1n) is 8.53. The Bertz CT molecular complexity index is 657. The minimum atomic E-state index is -1.26. The molecule has 3 N–H and O–H groups in total. The molecule has 0 spiro atoms. The highest BCUT2D eigenvalue weighted by atomic mass is 28.3. The maximum absolute atomic E-state index is 14.2. The zero-order valence-electron chi connectivity index (χ0n) is 16.4. The van der Waals surface area contributed by atoms with E-state index in [0.29, 0.717) is 6.54 Å². The number of hydrogen-bond acceptors (Lipinski definition) is 3. The highest BCUT2D eigenvalue weighted by molar-refractivity contribution is 6.76. The molecule has 26 heavy (non-hydrogen) atoms. The Morgan fingerprint density at radius 3 is 2.23 bits per heavy atom. The van der Waals surface area contributed by atoms with Crippen LogP contribution in [-0.4, -0.2) is 32.1 Å². The van der Waals surface area contributed by atoms with Gasteiger partial charge in [-0.1, -0.05) is 19.6 Å². The molecule has 0 saturated heterocycles. The third kappa shape index (κ3) is 7.94. The number of amides is 1. The maximum Gasteiger partial charge on any atom is 0.407 e. The fourth-order valence-corrected chi connectivity index (χ4v) is 2.78. The molecule has 0 aliphatic rings. The molecule has 0 saturated carbocycles. The quantitative estimate of drug-likeness (QED) is 0.441. The van der Waals surface area contributed by atoms with Gasteiger partial charge in [0, 0.05) is 25.7 Å². The Kier molecular flexibility index (Phi) is 7.32. The Morgan fingerprint density at radius 2 is 1.77 bits per heavy atom. The number of alkyl carbamates (subject to hydrolysis) is 1. The van der Waals surface area contributed by atoms with Gasteiger partial charge in [0.2, 0.25) is 0 Å². The number of nitrogens with two attached hydrogens (primary N) is 1. The lowest BCUT2D eigenvalue weighted by Crippen LogP contribution is -2.32. The summed E-state index contributed by atoms with van der Waals surface area (Å²) in [6, 6.07) is 3.20. The lowest BCUT2D eigenvalue weighted by Gasteiger charge is -2.19.